The van der Waals surface area contributed by atoms with Crippen molar-refractivity contribution in [3.63, 3.8) is 0 Å². The molecule has 0 bridgehead atoms. The molecule has 1 N–H and O–H groups in total. The van der Waals surface area contributed by atoms with Gasteiger partial charge in [-0.15, -0.1) is 0 Å². The molecule has 3 aromatic rings. The van der Waals surface area contributed by atoms with Gasteiger partial charge in [0.25, 0.3) is 17.3 Å². The van der Waals surface area contributed by atoms with E-state index >= 15 is 0 Å². The Bertz CT molecular complexity index is 1390. The van der Waals surface area contributed by atoms with Gasteiger partial charge in [-0.2, -0.15) is 0 Å². The lowest BCUT2D eigenvalue weighted by Gasteiger charge is -2.06. The summed E-state index contributed by atoms with van der Waals surface area (Å²) in [4.78, 5) is 50.0. The quantitative estimate of drug-likeness (QED) is 0.173. The summed E-state index contributed by atoms with van der Waals surface area (Å²) in [6.07, 6.45) is 1.59. The van der Waals surface area contributed by atoms with Crippen LogP contribution in [0.25, 0.3) is 6.08 Å². The van der Waals surface area contributed by atoms with Crippen molar-refractivity contribution < 1.29 is 24.2 Å². The molecule has 0 spiro atoms. The summed E-state index contributed by atoms with van der Waals surface area (Å²) < 4.78 is 5.26. The fourth-order valence-electron chi connectivity index (χ4n) is 3.01. The van der Waals surface area contributed by atoms with Gasteiger partial charge in [-0.05, 0) is 47.7 Å². The molecule has 0 radical (unpaired) electrons. The number of ether oxygens (including phenoxy) is 1. The second-order valence-electron chi connectivity index (χ2n) is 7.03. The topological polar surface area (TPSA) is 154 Å². The monoisotopic (exact) mass is 490 g/mol. The second-order valence-corrected chi connectivity index (χ2v) is 8.06. The van der Waals surface area contributed by atoms with E-state index in [4.69, 9.17) is 4.74 Å². The zero-order valence-corrected chi connectivity index (χ0v) is 18.4. The molecule has 0 aliphatic carbocycles. The lowest BCUT2D eigenvalue weighted by atomic mass is 10.1. The van der Waals surface area contributed by atoms with E-state index < -0.39 is 27.2 Å². The molecule has 11 nitrogen and oxygen atoms in total. The van der Waals surface area contributed by atoms with E-state index in [1.807, 2.05) is 18.2 Å². The van der Waals surface area contributed by atoms with Crippen LogP contribution in [0.4, 0.5) is 17.1 Å². The van der Waals surface area contributed by atoms with Gasteiger partial charge in [0.2, 0.25) is 0 Å². The number of amidine groups is 1. The fourth-order valence-corrected chi connectivity index (χ4v) is 3.85. The Balaban J connectivity index is 1.53. The number of hydrogen-bond donors (Lipinski definition) is 1. The number of aliphatic imine (C=N–C) groups is 1. The van der Waals surface area contributed by atoms with Crippen LogP contribution in [0.2, 0.25) is 0 Å². The summed E-state index contributed by atoms with van der Waals surface area (Å²) in [6.45, 7) is 0. The number of carbonyl (C=O) groups is 2. The zero-order chi connectivity index (χ0) is 24.9. The van der Waals surface area contributed by atoms with Crippen molar-refractivity contribution in [3.8, 4) is 5.75 Å². The smallest absolute Gasteiger partial charge is 0.344 e. The molecular weight excluding hydrogens is 476 g/mol. The number of thioether (sulfide) groups is 1. The van der Waals surface area contributed by atoms with E-state index in [1.54, 1.807) is 30.3 Å². The normalized spacial score (nSPS) is 15.1. The largest absolute Gasteiger partial charge is 0.423 e. The molecule has 4 rings (SSSR count). The minimum absolute atomic E-state index is 0.0834. The third kappa shape index (κ3) is 5.75. The van der Waals surface area contributed by atoms with E-state index in [0.717, 1.165) is 30.0 Å². The Morgan fingerprint density at radius 2 is 1.63 bits per heavy atom. The number of benzene rings is 3. The Morgan fingerprint density at radius 1 is 0.943 bits per heavy atom. The number of carbonyl (C=O) groups excluding carboxylic acids is 2. The minimum Gasteiger partial charge on any atom is -0.423 e. The molecule has 1 fully saturated rings. The van der Waals surface area contributed by atoms with Gasteiger partial charge in [-0.1, -0.05) is 30.3 Å². The van der Waals surface area contributed by atoms with Crippen LogP contribution < -0.4 is 10.1 Å². The van der Waals surface area contributed by atoms with Crippen molar-refractivity contribution in [1.82, 2.24) is 5.32 Å². The molecule has 1 heterocycles. The predicted molar refractivity (Wildman–Crippen MR) is 128 cm³/mol. The highest BCUT2D eigenvalue weighted by atomic mass is 32.2. The van der Waals surface area contributed by atoms with Crippen LogP contribution in [-0.2, 0) is 4.79 Å². The molecule has 1 aliphatic heterocycles. The molecule has 174 valence electrons. The Labute approximate surface area is 201 Å². The van der Waals surface area contributed by atoms with Gasteiger partial charge >= 0.3 is 5.97 Å². The summed E-state index contributed by atoms with van der Waals surface area (Å²) in [5, 5.41) is 25.2. The summed E-state index contributed by atoms with van der Waals surface area (Å²) >= 11 is 1.15. The third-order valence-corrected chi connectivity index (χ3v) is 5.47. The van der Waals surface area contributed by atoms with E-state index in [9.17, 15) is 29.8 Å². The van der Waals surface area contributed by atoms with Crippen LogP contribution in [0.1, 0.15) is 15.9 Å². The van der Waals surface area contributed by atoms with Crippen LogP contribution in [0.3, 0.4) is 0 Å². The summed E-state index contributed by atoms with van der Waals surface area (Å²) in [5.74, 6) is -1.26. The van der Waals surface area contributed by atoms with Crippen molar-refractivity contribution in [2.24, 2.45) is 4.99 Å². The van der Waals surface area contributed by atoms with Gasteiger partial charge in [0.15, 0.2) is 5.17 Å². The molecule has 1 aliphatic rings. The zero-order valence-electron chi connectivity index (χ0n) is 17.6. The second kappa shape index (κ2) is 9.97. The number of para-hydroxylation sites is 1. The maximum atomic E-state index is 12.5. The minimum atomic E-state index is -1.01. The predicted octanol–water partition coefficient (Wildman–Crippen LogP) is 4.61. The van der Waals surface area contributed by atoms with E-state index in [1.165, 1.54) is 12.1 Å². The SMILES string of the molecule is O=C1NC(=Nc2ccccc2)SC1=Cc1cccc(OC(=O)c2cc([N+](=O)[O-])cc([N+](=O)[O-])c2)c1. The number of non-ortho nitro benzene ring substituents is 2. The van der Waals surface area contributed by atoms with E-state index in [0.29, 0.717) is 21.3 Å². The standard InChI is InChI=1S/C23H14N4O7S/c28-21-20(35-23(25-21)24-16-6-2-1-3-7-16)10-14-5-4-8-19(9-14)34-22(29)15-11-17(26(30)31)13-18(12-15)27(32)33/h1-13H,(H,24,25,28). The van der Waals surface area contributed by atoms with Crippen LogP contribution in [0.5, 0.6) is 5.75 Å². The summed E-state index contributed by atoms with van der Waals surface area (Å²) in [6, 6.07) is 17.9. The van der Waals surface area contributed by atoms with Crippen LogP contribution >= 0.6 is 11.8 Å². The number of nitro groups is 2. The molecule has 35 heavy (non-hydrogen) atoms. The number of esters is 1. The number of amides is 1. The van der Waals surface area contributed by atoms with Crippen LogP contribution in [0, 0.1) is 20.2 Å². The molecule has 0 unspecified atom stereocenters. The Kier molecular flexibility index (Phi) is 6.64. The number of rotatable bonds is 6. The summed E-state index contributed by atoms with van der Waals surface area (Å²) in [7, 11) is 0. The molecule has 0 saturated carbocycles. The van der Waals surface area contributed by atoms with Gasteiger partial charge < -0.3 is 10.1 Å². The summed E-state index contributed by atoms with van der Waals surface area (Å²) in [5.41, 5.74) is -0.336. The fraction of sp³-hybridized carbons (Fsp3) is 0. The molecule has 0 atom stereocenters. The molecule has 1 saturated heterocycles. The molecule has 1 amide bonds. The molecule has 0 aromatic heterocycles. The Hall–Kier alpha value is -4.84. The van der Waals surface area contributed by atoms with E-state index in [-0.39, 0.29) is 17.2 Å². The average Bonchev–Trinajstić information content (AvgIpc) is 3.17. The number of hydrogen-bond acceptors (Lipinski definition) is 9. The van der Waals surface area contributed by atoms with Crippen molar-refractivity contribution in [2.45, 2.75) is 0 Å². The first kappa shape index (κ1) is 23.3. The lowest BCUT2D eigenvalue weighted by Crippen LogP contribution is -2.19. The van der Waals surface area contributed by atoms with Gasteiger partial charge in [0.1, 0.15) is 5.75 Å². The van der Waals surface area contributed by atoms with Crippen molar-refractivity contribution in [3.05, 3.63) is 109 Å². The number of nitrogens with zero attached hydrogens (tertiary/aromatic N) is 3. The first-order valence-electron chi connectivity index (χ1n) is 9.89. The number of nitro benzene ring substituents is 2. The maximum Gasteiger partial charge on any atom is 0.344 e. The Morgan fingerprint density at radius 3 is 2.29 bits per heavy atom. The highest BCUT2D eigenvalue weighted by molar-refractivity contribution is 8.18. The van der Waals surface area contributed by atoms with Crippen LogP contribution in [0.15, 0.2) is 82.7 Å². The number of nitrogens with one attached hydrogen (secondary N) is 1. The highest BCUT2D eigenvalue weighted by Gasteiger charge is 2.24. The maximum absolute atomic E-state index is 12.5. The van der Waals surface area contributed by atoms with E-state index in [2.05, 4.69) is 10.3 Å². The van der Waals surface area contributed by atoms with Crippen molar-refractivity contribution >= 4 is 51.9 Å². The van der Waals surface area contributed by atoms with Gasteiger partial charge in [-0.3, -0.25) is 25.0 Å². The first-order valence-corrected chi connectivity index (χ1v) is 10.7. The lowest BCUT2D eigenvalue weighted by molar-refractivity contribution is -0.394. The highest BCUT2D eigenvalue weighted by Crippen LogP contribution is 2.29. The average molecular weight is 490 g/mol. The van der Waals surface area contributed by atoms with Gasteiger partial charge in [-0.25, -0.2) is 9.79 Å². The molecular formula is C23H14N4O7S. The first-order chi connectivity index (χ1) is 16.8. The van der Waals surface area contributed by atoms with Crippen molar-refractivity contribution in [2.75, 3.05) is 0 Å². The molecule has 12 heteroatoms. The third-order valence-electron chi connectivity index (χ3n) is 4.56. The van der Waals surface area contributed by atoms with Crippen molar-refractivity contribution in [1.29, 1.82) is 0 Å². The van der Waals surface area contributed by atoms with Gasteiger partial charge in [0, 0.05) is 12.1 Å². The van der Waals surface area contributed by atoms with Crippen LogP contribution in [-0.4, -0.2) is 26.9 Å². The van der Waals surface area contributed by atoms with Gasteiger partial charge in [0.05, 0.1) is 32.1 Å². The molecule has 3 aromatic carbocycles.